The van der Waals surface area contributed by atoms with Crippen LogP contribution in [0.3, 0.4) is 0 Å². The smallest absolute Gasteiger partial charge is 0.275 e. The van der Waals surface area contributed by atoms with Crippen LogP contribution in [0.5, 0.6) is 0 Å². The topological polar surface area (TPSA) is 58.4 Å². The number of nitrogens with one attached hydrogen (secondary N) is 1. The SMILES string of the molecule is CCCCN(CCCC)Cc1ccsc1C(=O)NN. The van der Waals surface area contributed by atoms with Crippen LogP contribution in [0.25, 0.3) is 0 Å². The second-order valence-corrected chi connectivity index (χ2v) is 5.65. The highest BCUT2D eigenvalue weighted by Crippen LogP contribution is 2.19. The van der Waals surface area contributed by atoms with Crippen LogP contribution in [0.15, 0.2) is 11.4 Å². The molecule has 1 heterocycles. The van der Waals surface area contributed by atoms with Gasteiger partial charge in [0, 0.05) is 6.54 Å². The van der Waals surface area contributed by atoms with E-state index in [0.29, 0.717) is 0 Å². The summed E-state index contributed by atoms with van der Waals surface area (Å²) in [6, 6.07) is 2.03. The van der Waals surface area contributed by atoms with Crippen LogP contribution in [0.4, 0.5) is 0 Å². The number of carbonyl (C=O) groups is 1. The number of nitrogen functional groups attached to an aromatic ring is 1. The van der Waals surface area contributed by atoms with Crippen molar-refractivity contribution in [2.24, 2.45) is 5.84 Å². The van der Waals surface area contributed by atoms with E-state index in [-0.39, 0.29) is 5.91 Å². The van der Waals surface area contributed by atoms with Gasteiger partial charge in [0.05, 0.1) is 4.88 Å². The van der Waals surface area contributed by atoms with Gasteiger partial charge in [0.1, 0.15) is 0 Å². The van der Waals surface area contributed by atoms with Gasteiger partial charge in [0.15, 0.2) is 0 Å². The van der Waals surface area contributed by atoms with E-state index in [1.54, 1.807) is 0 Å². The summed E-state index contributed by atoms with van der Waals surface area (Å²) in [6.45, 7) is 7.43. The van der Waals surface area contributed by atoms with Crippen molar-refractivity contribution in [2.75, 3.05) is 13.1 Å². The molecule has 0 saturated heterocycles. The third-order valence-corrected chi connectivity index (χ3v) is 4.09. The van der Waals surface area contributed by atoms with Gasteiger partial charge in [-0.1, -0.05) is 26.7 Å². The van der Waals surface area contributed by atoms with Gasteiger partial charge >= 0.3 is 0 Å². The fourth-order valence-corrected chi connectivity index (χ4v) is 2.82. The zero-order valence-corrected chi connectivity index (χ0v) is 12.8. The number of hydrogen-bond donors (Lipinski definition) is 2. The van der Waals surface area contributed by atoms with Gasteiger partial charge < -0.3 is 0 Å². The van der Waals surface area contributed by atoms with Gasteiger partial charge in [0.25, 0.3) is 5.91 Å². The Kier molecular flexibility index (Phi) is 7.70. The van der Waals surface area contributed by atoms with Gasteiger partial charge in [-0.05, 0) is 42.9 Å². The first-order valence-electron chi connectivity index (χ1n) is 7.02. The number of rotatable bonds is 9. The quantitative estimate of drug-likeness (QED) is 0.416. The Hall–Kier alpha value is -0.910. The monoisotopic (exact) mass is 283 g/mol. The zero-order valence-electron chi connectivity index (χ0n) is 11.9. The number of hydrazine groups is 1. The maximum Gasteiger partial charge on any atom is 0.275 e. The Labute approximate surface area is 120 Å². The van der Waals surface area contributed by atoms with Crippen molar-refractivity contribution in [1.29, 1.82) is 0 Å². The number of nitrogens with two attached hydrogens (primary N) is 1. The van der Waals surface area contributed by atoms with Crippen molar-refractivity contribution < 1.29 is 4.79 Å². The second kappa shape index (κ2) is 9.07. The first kappa shape index (κ1) is 16.1. The van der Waals surface area contributed by atoms with Crippen molar-refractivity contribution in [3.05, 3.63) is 21.9 Å². The molecule has 0 aliphatic rings. The molecule has 1 aromatic rings. The van der Waals surface area contributed by atoms with Gasteiger partial charge in [-0.25, -0.2) is 5.84 Å². The molecule has 3 N–H and O–H groups in total. The molecule has 0 spiro atoms. The highest BCUT2D eigenvalue weighted by Gasteiger charge is 2.14. The third kappa shape index (κ3) is 5.30. The molecule has 108 valence electrons. The molecule has 5 heteroatoms. The number of hydrogen-bond acceptors (Lipinski definition) is 4. The lowest BCUT2D eigenvalue weighted by Gasteiger charge is -2.22. The van der Waals surface area contributed by atoms with Crippen LogP contribution in [0.1, 0.15) is 54.8 Å². The van der Waals surface area contributed by atoms with E-state index in [4.69, 9.17) is 5.84 Å². The summed E-state index contributed by atoms with van der Waals surface area (Å²) in [5.41, 5.74) is 3.30. The molecule has 0 aliphatic heterocycles. The minimum atomic E-state index is -0.184. The minimum Gasteiger partial charge on any atom is -0.299 e. The molecule has 0 bridgehead atoms. The molecule has 1 aromatic heterocycles. The lowest BCUT2D eigenvalue weighted by Crippen LogP contribution is -2.31. The van der Waals surface area contributed by atoms with E-state index < -0.39 is 0 Å². The summed E-state index contributed by atoms with van der Waals surface area (Å²) in [5.74, 6) is 5.03. The third-order valence-electron chi connectivity index (χ3n) is 3.13. The van der Waals surface area contributed by atoms with Gasteiger partial charge in [-0.15, -0.1) is 11.3 Å². The number of nitrogens with zero attached hydrogens (tertiary/aromatic N) is 1. The van der Waals surface area contributed by atoms with Crippen LogP contribution in [0, 0.1) is 0 Å². The summed E-state index contributed by atoms with van der Waals surface area (Å²) in [4.78, 5) is 14.8. The van der Waals surface area contributed by atoms with Crippen molar-refractivity contribution >= 4 is 17.2 Å². The molecule has 0 aliphatic carbocycles. The Morgan fingerprint density at radius 2 is 1.95 bits per heavy atom. The summed E-state index contributed by atoms with van der Waals surface area (Å²) >= 11 is 1.45. The predicted molar refractivity (Wildman–Crippen MR) is 81.1 cm³/mol. The highest BCUT2D eigenvalue weighted by molar-refractivity contribution is 7.12. The zero-order chi connectivity index (χ0) is 14.1. The molecule has 19 heavy (non-hydrogen) atoms. The number of unbranched alkanes of at least 4 members (excludes halogenated alkanes) is 2. The molecule has 1 rings (SSSR count). The van der Waals surface area contributed by atoms with Crippen molar-refractivity contribution in [1.82, 2.24) is 10.3 Å². The number of amides is 1. The Morgan fingerprint density at radius 1 is 1.32 bits per heavy atom. The first-order valence-corrected chi connectivity index (χ1v) is 7.90. The minimum absolute atomic E-state index is 0.184. The molecule has 1 amide bonds. The number of carbonyl (C=O) groups excluding carboxylic acids is 1. The van der Waals surface area contributed by atoms with Gasteiger partial charge in [0.2, 0.25) is 0 Å². The van der Waals surface area contributed by atoms with E-state index >= 15 is 0 Å². The standard InChI is InChI=1S/C14H25N3OS/c1-3-5-8-17(9-6-4-2)11-12-7-10-19-13(12)14(18)16-15/h7,10H,3-6,8-9,11,15H2,1-2H3,(H,16,18). The summed E-state index contributed by atoms with van der Waals surface area (Å²) in [5, 5.41) is 1.96. The summed E-state index contributed by atoms with van der Waals surface area (Å²) < 4.78 is 0. The molecular weight excluding hydrogens is 258 g/mol. The lowest BCUT2D eigenvalue weighted by molar-refractivity contribution is 0.0955. The normalized spacial score (nSPS) is 10.9. The average molecular weight is 283 g/mol. The summed E-state index contributed by atoms with van der Waals surface area (Å²) in [6.07, 6.45) is 4.79. The molecule has 0 unspecified atom stereocenters. The van der Waals surface area contributed by atoms with Crippen LogP contribution in [0.2, 0.25) is 0 Å². The molecule has 0 saturated carbocycles. The second-order valence-electron chi connectivity index (χ2n) is 4.73. The van der Waals surface area contributed by atoms with Crippen molar-refractivity contribution in [2.45, 2.75) is 46.1 Å². The highest BCUT2D eigenvalue weighted by atomic mass is 32.1. The van der Waals surface area contributed by atoms with Crippen LogP contribution < -0.4 is 11.3 Å². The van der Waals surface area contributed by atoms with Gasteiger partial charge in [-0.2, -0.15) is 0 Å². The van der Waals surface area contributed by atoms with E-state index in [2.05, 4.69) is 24.2 Å². The van der Waals surface area contributed by atoms with Crippen LogP contribution in [-0.2, 0) is 6.54 Å². The van der Waals surface area contributed by atoms with Crippen LogP contribution >= 0.6 is 11.3 Å². The van der Waals surface area contributed by atoms with Gasteiger partial charge in [-0.3, -0.25) is 15.1 Å². The van der Waals surface area contributed by atoms with Crippen molar-refractivity contribution in [3.8, 4) is 0 Å². The van der Waals surface area contributed by atoms with E-state index in [1.807, 2.05) is 11.4 Å². The molecule has 0 aromatic carbocycles. The van der Waals surface area contributed by atoms with Crippen molar-refractivity contribution in [3.63, 3.8) is 0 Å². The molecule has 0 fully saturated rings. The molecule has 0 atom stereocenters. The van der Waals surface area contributed by atoms with E-state index in [1.165, 1.54) is 37.0 Å². The number of thiophene rings is 1. The van der Waals surface area contributed by atoms with E-state index in [0.717, 1.165) is 30.1 Å². The maximum atomic E-state index is 11.7. The fraction of sp³-hybridized carbons (Fsp3) is 0.643. The van der Waals surface area contributed by atoms with Crippen LogP contribution in [-0.4, -0.2) is 23.9 Å². The largest absolute Gasteiger partial charge is 0.299 e. The first-order chi connectivity index (χ1) is 9.22. The van der Waals surface area contributed by atoms with E-state index in [9.17, 15) is 4.79 Å². The molecule has 4 nitrogen and oxygen atoms in total. The summed E-state index contributed by atoms with van der Waals surface area (Å²) in [7, 11) is 0. The Balaban J connectivity index is 2.66. The lowest BCUT2D eigenvalue weighted by atomic mass is 10.2. The Bertz CT molecular complexity index is 371. The molecular formula is C14H25N3OS. The predicted octanol–water partition coefficient (Wildman–Crippen LogP) is 2.75. The Morgan fingerprint density at radius 3 is 2.47 bits per heavy atom. The fourth-order valence-electron chi connectivity index (χ4n) is 2.00. The molecule has 0 radical (unpaired) electrons. The maximum absolute atomic E-state index is 11.7. The average Bonchev–Trinajstić information content (AvgIpc) is 2.89.